The van der Waals surface area contributed by atoms with E-state index in [9.17, 15) is 0 Å². The fourth-order valence-electron chi connectivity index (χ4n) is 2.33. The standard InChI is InChI=1S/C16H25ClN4O2.HI/c1-18-16(19-7-6-13-4-5-15(17)21-11-13)20-8-10-22-12-14-3-2-9-23-14;/h4-5,11,14H,2-3,6-10,12H2,1H3,(H2,18,19,20);1H. The van der Waals surface area contributed by atoms with Crippen LogP contribution in [0.15, 0.2) is 23.3 Å². The monoisotopic (exact) mass is 468 g/mol. The van der Waals surface area contributed by atoms with Crippen LogP contribution in [0, 0.1) is 0 Å². The van der Waals surface area contributed by atoms with Crippen molar-refractivity contribution in [2.45, 2.75) is 25.4 Å². The van der Waals surface area contributed by atoms with E-state index in [2.05, 4.69) is 20.6 Å². The first-order valence-electron chi connectivity index (χ1n) is 8.02. The molecular formula is C16H26ClIN4O2. The zero-order chi connectivity index (χ0) is 16.3. The van der Waals surface area contributed by atoms with Crippen molar-refractivity contribution in [1.29, 1.82) is 0 Å². The lowest BCUT2D eigenvalue weighted by Crippen LogP contribution is -2.40. The van der Waals surface area contributed by atoms with Crippen LogP contribution < -0.4 is 10.6 Å². The first-order valence-corrected chi connectivity index (χ1v) is 8.40. The van der Waals surface area contributed by atoms with Crippen molar-refractivity contribution in [1.82, 2.24) is 15.6 Å². The number of nitrogens with one attached hydrogen (secondary N) is 2. The number of hydrogen-bond donors (Lipinski definition) is 2. The summed E-state index contributed by atoms with van der Waals surface area (Å²) in [6.45, 7) is 3.68. The highest BCUT2D eigenvalue weighted by atomic mass is 127. The Morgan fingerprint density at radius 3 is 2.92 bits per heavy atom. The van der Waals surface area contributed by atoms with Crippen LogP contribution in [0.2, 0.25) is 5.15 Å². The second-order valence-corrected chi connectivity index (χ2v) is 5.76. The Hall–Kier alpha value is -0.640. The molecule has 6 nitrogen and oxygen atoms in total. The molecule has 0 bridgehead atoms. The van der Waals surface area contributed by atoms with Crippen molar-refractivity contribution in [2.24, 2.45) is 4.99 Å². The zero-order valence-corrected chi connectivity index (χ0v) is 17.0. The van der Waals surface area contributed by atoms with Gasteiger partial charge in [0.1, 0.15) is 5.15 Å². The number of nitrogens with zero attached hydrogens (tertiary/aromatic N) is 2. The summed E-state index contributed by atoms with van der Waals surface area (Å²) in [5.41, 5.74) is 1.14. The molecule has 1 aliphatic rings. The van der Waals surface area contributed by atoms with E-state index in [0.29, 0.717) is 18.4 Å². The van der Waals surface area contributed by atoms with Gasteiger partial charge in [-0.1, -0.05) is 17.7 Å². The number of pyridine rings is 1. The van der Waals surface area contributed by atoms with E-state index in [0.717, 1.165) is 50.5 Å². The van der Waals surface area contributed by atoms with Gasteiger partial charge in [0.2, 0.25) is 0 Å². The molecule has 0 aliphatic carbocycles. The van der Waals surface area contributed by atoms with Crippen molar-refractivity contribution in [2.75, 3.05) is 40.0 Å². The molecule has 2 rings (SSSR count). The molecule has 0 radical (unpaired) electrons. The van der Waals surface area contributed by atoms with Crippen LogP contribution in [0.5, 0.6) is 0 Å². The van der Waals surface area contributed by atoms with Gasteiger partial charge in [-0.25, -0.2) is 4.98 Å². The number of rotatable bonds is 8. The Kier molecular flexibility index (Phi) is 11.3. The van der Waals surface area contributed by atoms with Crippen molar-refractivity contribution in [3.05, 3.63) is 29.0 Å². The van der Waals surface area contributed by atoms with E-state index in [1.165, 1.54) is 0 Å². The third-order valence-corrected chi connectivity index (χ3v) is 3.81. The molecule has 1 aromatic heterocycles. The zero-order valence-electron chi connectivity index (χ0n) is 14.0. The van der Waals surface area contributed by atoms with E-state index in [4.69, 9.17) is 21.1 Å². The summed E-state index contributed by atoms with van der Waals surface area (Å²) in [7, 11) is 1.76. The number of halogens is 2. The Bertz CT molecular complexity index is 481. The lowest BCUT2D eigenvalue weighted by atomic mass is 10.2. The second kappa shape index (κ2) is 12.7. The van der Waals surface area contributed by atoms with E-state index in [1.807, 2.05) is 6.07 Å². The lowest BCUT2D eigenvalue weighted by molar-refractivity contribution is 0.0191. The Labute approximate surface area is 165 Å². The fraction of sp³-hybridized carbons (Fsp3) is 0.625. The third-order valence-electron chi connectivity index (χ3n) is 3.58. The van der Waals surface area contributed by atoms with Crippen LogP contribution in [-0.4, -0.2) is 57.0 Å². The van der Waals surface area contributed by atoms with Crippen LogP contribution in [0.25, 0.3) is 0 Å². The molecule has 8 heteroatoms. The van der Waals surface area contributed by atoms with Crippen molar-refractivity contribution < 1.29 is 9.47 Å². The molecule has 1 aliphatic heterocycles. The summed E-state index contributed by atoms with van der Waals surface area (Å²) in [4.78, 5) is 8.25. The van der Waals surface area contributed by atoms with Crippen LogP contribution in [0.1, 0.15) is 18.4 Å². The molecule has 0 amide bonds. The molecule has 1 aromatic rings. The molecular weight excluding hydrogens is 443 g/mol. The van der Waals surface area contributed by atoms with E-state index in [1.54, 1.807) is 19.3 Å². The van der Waals surface area contributed by atoms with Crippen LogP contribution in [-0.2, 0) is 15.9 Å². The van der Waals surface area contributed by atoms with Gasteiger partial charge in [0, 0.05) is 32.9 Å². The minimum absolute atomic E-state index is 0. The maximum absolute atomic E-state index is 5.77. The summed E-state index contributed by atoms with van der Waals surface area (Å²) in [5, 5.41) is 7.00. The maximum atomic E-state index is 5.77. The van der Waals surface area contributed by atoms with Crippen LogP contribution in [0.4, 0.5) is 0 Å². The average molecular weight is 469 g/mol. The predicted octanol–water partition coefficient (Wildman–Crippen LogP) is 2.26. The summed E-state index contributed by atoms with van der Waals surface area (Å²) in [6, 6.07) is 3.78. The third kappa shape index (κ3) is 8.46. The van der Waals surface area contributed by atoms with Gasteiger partial charge in [-0.05, 0) is 30.9 Å². The molecule has 2 N–H and O–H groups in total. The largest absolute Gasteiger partial charge is 0.377 e. The topological polar surface area (TPSA) is 67.8 Å². The predicted molar refractivity (Wildman–Crippen MR) is 108 cm³/mol. The average Bonchev–Trinajstić information content (AvgIpc) is 3.08. The summed E-state index contributed by atoms with van der Waals surface area (Å²) in [6.07, 6.45) is 5.18. The maximum Gasteiger partial charge on any atom is 0.191 e. The minimum Gasteiger partial charge on any atom is -0.377 e. The van der Waals surface area contributed by atoms with Crippen molar-refractivity contribution in [3.8, 4) is 0 Å². The number of hydrogen-bond acceptors (Lipinski definition) is 4. The van der Waals surface area contributed by atoms with Gasteiger partial charge < -0.3 is 20.1 Å². The van der Waals surface area contributed by atoms with Gasteiger partial charge in [0.15, 0.2) is 5.96 Å². The molecule has 1 fully saturated rings. The first kappa shape index (κ1) is 21.4. The van der Waals surface area contributed by atoms with Gasteiger partial charge in [0.05, 0.1) is 19.3 Å². The van der Waals surface area contributed by atoms with E-state index >= 15 is 0 Å². The van der Waals surface area contributed by atoms with Gasteiger partial charge >= 0.3 is 0 Å². The van der Waals surface area contributed by atoms with Crippen molar-refractivity contribution in [3.63, 3.8) is 0 Å². The molecule has 136 valence electrons. The molecule has 0 spiro atoms. The minimum atomic E-state index is 0. The summed E-state index contributed by atoms with van der Waals surface area (Å²) < 4.78 is 11.1. The number of ether oxygens (including phenoxy) is 2. The van der Waals surface area contributed by atoms with Gasteiger partial charge in [-0.15, -0.1) is 24.0 Å². The van der Waals surface area contributed by atoms with Crippen LogP contribution in [0.3, 0.4) is 0 Å². The van der Waals surface area contributed by atoms with E-state index in [-0.39, 0.29) is 30.1 Å². The number of aliphatic imine (C=N–C) groups is 1. The molecule has 24 heavy (non-hydrogen) atoms. The summed E-state index contributed by atoms with van der Waals surface area (Å²) in [5.74, 6) is 0.771. The highest BCUT2D eigenvalue weighted by Crippen LogP contribution is 2.11. The Morgan fingerprint density at radius 2 is 2.25 bits per heavy atom. The normalized spacial score (nSPS) is 17.4. The quantitative estimate of drug-likeness (QED) is 0.201. The highest BCUT2D eigenvalue weighted by molar-refractivity contribution is 14.0. The Morgan fingerprint density at radius 1 is 1.42 bits per heavy atom. The Balaban J connectivity index is 0.00000288. The van der Waals surface area contributed by atoms with Gasteiger partial charge in [0.25, 0.3) is 0 Å². The molecule has 0 saturated carbocycles. The van der Waals surface area contributed by atoms with Gasteiger partial charge in [-0.2, -0.15) is 0 Å². The second-order valence-electron chi connectivity index (χ2n) is 5.37. The smallest absolute Gasteiger partial charge is 0.191 e. The molecule has 1 atom stereocenters. The van der Waals surface area contributed by atoms with E-state index < -0.39 is 0 Å². The summed E-state index contributed by atoms with van der Waals surface area (Å²) >= 11 is 5.77. The van der Waals surface area contributed by atoms with Crippen molar-refractivity contribution >= 4 is 41.5 Å². The molecule has 2 heterocycles. The highest BCUT2D eigenvalue weighted by Gasteiger charge is 2.14. The molecule has 1 unspecified atom stereocenters. The number of guanidine groups is 1. The fourth-order valence-corrected chi connectivity index (χ4v) is 2.44. The SMILES string of the molecule is CN=C(NCCOCC1CCCO1)NCCc1ccc(Cl)nc1.I. The number of aromatic nitrogens is 1. The lowest BCUT2D eigenvalue weighted by Gasteiger charge is -2.13. The van der Waals surface area contributed by atoms with Gasteiger partial charge in [-0.3, -0.25) is 4.99 Å². The first-order chi connectivity index (χ1) is 11.3. The van der Waals surface area contributed by atoms with Crippen LogP contribution >= 0.6 is 35.6 Å². The molecule has 0 aromatic carbocycles. The molecule has 1 saturated heterocycles.